The van der Waals surface area contributed by atoms with Gasteiger partial charge in [-0.1, -0.05) is 42.1 Å². The number of piperidine rings is 1. The van der Waals surface area contributed by atoms with Crippen molar-refractivity contribution in [3.63, 3.8) is 0 Å². The number of aromatic nitrogens is 3. The van der Waals surface area contributed by atoms with Crippen LogP contribution < -0.4 is 4.90 Å². The van der Waals surface area contributed by atoms with E-state index in [2.05, 4.69) is 55.8 Å². The Morgan fingerprint density at radius 2 is 1.84 bits per heavy atom. The summed E-state index contributed by atoms with van der Waals surface area (Å²) in [5.41, 5.74) is 1.20. The first-order valence-corrected chi connectivity index (χ1v) is 12.9. The van der Waals surface area contributed by atoms with Gasteiger partial charge in [0.25, 0.3) is 0 Å². The third-order valence-electron chi connectivity index (χ3n) is 6.83. The number of thioether (sulfide) groups is 1. The minimum absolute atomic E-state index is 0.207. The van der Waals surface area contributed by atoms with E-state index < -0.39 is 0 Å². The zero-order chi connectivity index (χ0) is 21.2. The zero-order valence-electron chi connectivity index (χ0n) is 18.4. The van der Waals surface area contributed by atoms with E-state index in [1.54, 1.807) is 11.8 Å². The lowest BCUT2D eigenvalue weighted by atomic mass is 10.1. The van der Waals surface area contributed by atoms with Crippen molar-refractivity contribution < 1.29 is 4.79 Å². The summed E-state index contributed by atoms with van der Waals surface area (Å²) >= 11 is 1.57. The largest absolute Gasteiger partial charge is 0.341 e. The van der Waals surface area contributed by atoms with Crippen molar-refractivity contribution in [2.75, 3.05) is 23.7 Å². The molecule has 166 valence electrons. The van der Waals surface area contributed by atoms with Crippen LogP contribution in [0.1, 0.15) is 63.5 Å². The molecule has 0 N–H and O–H groups in total. The van der Waals surface area contributed by atoms with Crippen molar-refractivity contribution in [2.45, 2.75) is 75.7 Å². The third kappa shape index (κ3) is 4.92. The molecule has 1 aromatic heterocycles. The fourth-order valence-corrected chi connectivity index (χ4v) is 5.50. The van der Waals surface area contributed by atoms with Crippen LogP contribution in [0.15, 0.2) is 35.5 Å². The average Bonchev–Trinajstić information content (AvgIpc) is 3.74. The predicted molar refractivity (Wildman–Crippen MR) is 124 cm³/mol. The number of benzene rings is 1. The molecule has 2 aromatic rings. The summed E-state index contributed by atoms with van der Waals surface area (Å²) in [5.74, 6) is 2.30. The van der Waals surface area contributed by atoms with Crippen LogP contribution in [0.4, 0.5) is 5.95 Å². The van der Waals surface area contributed by atoms with Crippen molar-refractivity contribution in [1.82, 2.24) is 19.7 Å². The minimum atomic E-state index is 0.207. The van der Waals surface area contributed by atoms with Crippen molar-refractivity contribution in [1.29, 1.82) is 0 Å². The van der Waals surface area contributed by atoms with E-state index in [4.69, 9.17) is 0 Å². The van der Waals surface area contributed by atoms with E-state index in [0.29, 0.717) is 30.3 Å². The average molecular weight is 440 g/mol. The lowest BCUT2D eigenvalue weighted by Gasteiger charge is -2.30. The first kappa shape index (κ1) is 20.9. The summed E-state index contributed by atoms with van der Waals surface area (Å²) in [4.78, 5) is 17.8. The van der Waals surface area contributed by atoms with Crippen molar-refractivity contribution in [3.05, 3.63) is 35.9 Å². The fraction of sp³-hybridized carbons (Fsp3) is 0.625. The van der Waals surface area contributed by atoms with Gasteiger partial charge in [-0.2, -0.15) is 0 Å². The molecule has 7 heteroatoms. The van der Waals surface area contributed by atoms with Gasteiger partial charge in [-0.25, -0.2) is 0 Å². The number of carbonyl (C=O) groups excluding carboxylic acids is 1. The molecular formula is C24H33N5OS. The lowest BCUT2D eigenvalue weighted by molar-refractivity contribution is -0.131. The molecule has 1 saturated heterocycles. The highest BCUT2D eigenvalue weighted by molar-refractivity contribution is 7.99. The van der Waals surface area contributed by atoms with Crippen LogP contribution in [0, 0.1) is 5.92 Å². The maximum absolute atomic E-state index is 13.3. The first-order valence-electron chi connectivity index (χ1n) is 11.9. The van der Waals surface area contributed by atoms with Gasteiger partial charge < -0.3 is 9.80 Å². The lowest BCUT2D eigenvalue weighted by Crippen LogP contribution is -2.40. The van der Waals surface area contributed by atoms with Crippen LogP contribution >= 0.6 is 11.8 Å². The molecule has 3 aliphatic rings. The summed E-state index contributed by atoms with van der Waals surface area (Å²) in [6.45, 7) is 5.03. The molecule has 1 atom stereocenters. The van der Waals surface area contributed by atoms with Gasteiger partial charge in [-0.05, 0) is 63.4 Å². The molecule has 31 heavy (non-hydrogen) atoms. The standard InChI is InChI=1S/C24H33N5OS/c1-18(20-10-11-20)28(16-19-8-4-2-5-9-19)22(30)17-31-24-26-25-23(29(24)21-12-13-21)27-14-6-3-7-15-27/h2,4-5,8-9,18,20-21H,3,6-7,10-17H2,1H3. The molecule has 6 nitrogen and oxygen atoms in total. The minimum Gasteiger partial charge on any atom is -0.341 e. The van der Waals surface area contributed by atoms with Gasteiger partial charge >= 0.3 is 0 Å². The number of rotatable bonds is 9. The molecule has 1 unspecified atom stereocenters. The Morgan fingerprint density at radius 1 is 1.10 bits per heavy atom. The monoisotopic (exact) mass is 439 g/mol. The molecule has 0 spiro atoms. The molecular weight excluding hydrogens is 406 g/mol. The van der Waals surface area contributed by atoms with Crippen LogP contribution in [-0.2, 0) is 11.3 Å². The SMILES string of the molecule is CC(C1CC1)N(Cc1ccccc1)C(=O)CSc1nnc(N2CCCCC2)n1C1CC1. The number of anilines is 1. The Kier molecular flexibility index (Phi) is 6.21. The molecule has 0 bridgehead atoms. The van der Waals surface area contributed by atoms with Crippen LogP contribution in [0.5, 0.6) is 0 Å². The summed E-state index contributed by atoms with van der Waals surface area (Å²) in [6, 6.07) is 11.2. The molecule has 2 heterocycles. The van der Waals surface area contributed by atoms with Gasteiger partial charge in [0.15, 0.2) is 5.16 Å². The van der Waals surface area contributed by atoms with E-state index in [9.17, 15) is 4.79 Å². The summed E-state index contributed by atoms with van der Waals surface area (Å²) in [7, 11) is 0. The van der Waals surface area contributed by atoms with Crippen molar-refractivity contribution in [2.24, 2.45) is 5.92 Å². The Labute approximate surface area is 189 Å². The van der Waals surface area contributed by atoms with E-state index >= 15 is 0 Å². The van der Waals surface area contributed by atoms with E-state index in [-0.39, 0.29) is 5.91 Å². The van der Waals surface area contributed by atoms with Crippen LogP contribution in [-0.4, -0.2) is 50.5 Å². The number of hydrogen-bond donors (Lipinski definition) is 0. The Morgan fingerprint density at radius 3 is 2.52 bits per heavy atom. The smallest absolute Gasteiger partial charge is 0.233 e. The van der Waals surface area contributed by atoms with Crippen molar-refractivity contribution in [3.8, 4) is 0 Å². The highest BCUT2D eigenvalue weighted by Gasteiger charge is 2.35. The van der Waals surface area contributed by atoms with Gasteiger partial charge in [-0.15, -0.1) is 10.2 Å². The van der Waals surface area contributed by atoms with Crippen LogP contribution in [0.25, 0.3) is 0 Å². The topological polar surface area (TPSA) is 54.3 Å². The Hall–Kier alpha value is -2.02. The highest BCUT2D eigenvalue weighted by atomic mass is 32.2. The van der Waals surface area contributed by atoms with Crippen molar-refractivity contribution >= 4 is 23.6 Å². The molecule has 1 aliphatic heterocycles. The van der Waals surface area contributed by atoms with E-state index in [1.165, 1.54) is 50.5 Å². The Balaban J connectivity index is 1.28. The number of nitrogens with zero attached hydrogens (tertiary/aromatic N) is 5. The van der Waals surface area contributed by atoms with Crippen LogP contribution in [0.2, 0.25) is 0 Å². The maximum atomic E-state index is 13.3. The highest BCUT2D eigenvalue weighted by Crippen LogP contribution is 2.41. The van der Waals surface area contributed by atoms with Crippen LogP contribution in [0.3, 0.4) is 0 Å². The zero-order valence-corrected chi connectivity index (χ0v) is 19.3. The second kappa shape index (κ2) is 9.23. The fourth-order valence-electron chi connectivity index (χ4n) is 4.61. The molecule has 2 aliphatic carbocycles. The van der Waals surface area contributed by atoms with Gasteiger partial charge in [0.2, 0.25) is 11.9 Å². The Bertz CT molecular complexity index is 887. The number of carbonyl (C=O) groups is 1. The predicted octanol–water partition coefficient (Wildman–Crippen LogP) is 4.52. The van der Waals surface area contributed by atoms with Gasteiger partial charge in [0.05, 0.1) is 5.75 Å². The summed E-state index contributed by atoms with van der Waals surface area (Å²) in [6.07, 6.45) is 8.63. The van der Waals surface area contributed by atoms with E-state index in [1.807, 2.05) is 6.07 Å². The van der Waals surface area contributed by atoms with Gasteiger partial charge in [0, 0.05) is 31.7 Å². The number of hydrogen-bond acceptors (Lipinski definition) is 5. The molecule has 2 saturated carbocycles. The van der Waals surface area contributed by atoms with Gasteiger partial charge in [0.1, 0.15) is 0 Å². The third-order valence-corrected chi connectivity index (χ3v) is 7.76. The second-order valence-electron chi connectivity index (χ2n) is 9.31. The molecule has 1 aromatic carbocycles. The molecule has 3 fully saturated rings. The quantitative estimate of drug-likeness (QED) is 0.538. The van der Waals surface area contributed by atoms with E-state index in [0.717, 1.165) is 24.2 Å². The molecule has 5 rings (SSSR count). The summed E-state index contributed by atoms with van der Waals surface area (Å²) in [5, 5.41) is 9.99. The molecule has 1 amide bonds. The second-order valence-corrected chi connectivity index (χ2v) is 10.2. The first-order chi connectivity index (χ1) is 15.2. The van der Waals surface area contributed by atoms with Gasteiger partial charge in [-0.3, -0.25) is 9.36 Å². The maximum Gasteiger partial charge on any atom is 0.233 e. The molecule has 0 radical (unpaired) electrons. The number of amides is 1. The normalized spacial score (nSPS) is 20.0. The summed E-state index contributed by atoms with van der Waals surface area (Å²) < 4.78 is 2.31.